The fourth-order valence-corrected chi connectivity index (χ4v) is 7.61. The van der Waals surface area contributed by atoms with E-state index in [1.165, 1.54) is 27.7 Å². The minimum Gasteiger partial charge on any atom is -0.748 e. The zero-order chi connectivity index (χ0) is 30.8. The monoisotopic (exact) mass is 682 g/mol. The molecule has 0 bridgehead atoms. The van der Waals surface area contributed by atoms with Crippen LogP contribution in [0.15, 0.2) is 46.3 Å². The number of hydrogen-bond donors (Lipinski definition) is 1. The van der Waals surface area contributed by atoms with Crippen molar-refractivity contribution in [1.82, 2.24) is 5.32 Å². The van der Waals surface area contributed by atoms with Crippen molar-refractivity contribution in [2.24, 2.45) is 0 Å². The molecule has 0 spiro atoms. The molecule has 1 N–H and O–H groups in total. The highest BCUT2D eigenvalue weighted by molar-refractivity contribution is 8.04. The fourth-order valence-electron chi connectivity index (χ4n) is 3.79. The van der Waals surface area contributed by atoms with Crippen LogP contribution in [0.25, 0.3) is 16.3 Å². The SMILES string of the molecule is CC.CCNCC.O=S(=O)([O-])CCCCN1C(=Cc2sc3ccc(Cl)cc3[n+]2CS(=O)(=O)[O-])Sc2ccc(Cl)cc21. The van der Waals surface area contributed by atoms with Gasteiger partial charge in [-0.05, 0) is 56.3 Å². The van der Waals surface area contributed by atoms with Gasteiger partial charge in [-0.3, -0.25) is 0 Å². The summed E-state index contributed by atoms with van der Waals surface area (Å²) in [5.74, 6) is -1.20. The van der Waals surface area contributed by atoms with Crippen LogP contribution in [0.2, 0.25) is 10.0 Å². The molecule has 228 valence electrons. The number of nitrogens with zero attached hydrogens (tertiary/aromatic N) is 2. The fraction of sp³-hybridized carbons (Fsp3) is 0.423. The third kappa shape index (κ3) is 11.3. The maximum atomic E-state index is 11.6. The number of thiazole rings is 1. The first-order chi connectivity index (χ1) is 19.3. The second kappa shape index (κ2) is 16.4. The third-order valence-electron chi connectivity index (χ3n) is 5.44. The topological polar surface area (TPSA) is 134 Å². The van der Waals surface area contributed by atoms with Crippen LogP contribution < -0.4 is 14.8 Å². The lowest BCUT2D eigenvalue weighted by molar-refractivity contribution is -0.649. The van der Waals surface area contributed by atoms with Gasteiger partial charge in [0.05, 0.1) is 26.9 Å². The number of hydrogen-bond acceptors (Lipinski definition) is 10. The van der Waals surface area contributed by atoms with E-state index in [2.05, 4.69) is 19.2 Å². The van der Waals surface area contributed by atoms with E-state index in [-0.39, 0.29) is 6.42 Å². The van der Waals surface area contributed by atoms with E-state index < -0.39 is 31.9 Å². The lowest BCUT2D eigenvalue weighted by atomic mass is 10.2. The number of halogens is 2. The minimum absolute atomic E-state index is 0.200. The van der Waals surface area contributed by atoms with Crippen molar-refractivity contribution in [3.8, 4) is 0 Å². The van der Waals surface area contributed by atoms with E-state index in [1.807, 2.05) is 24.8 Å². The highest BCUT2D eigenvalue weighted by atomic mass is 35.5. The van der Waals surface area contributed by atoms with Crippen LogP contribution in [0.4, 0.5) is 5.69 Å². The van der Waals surface area contributed by atoms with Crippen molar-refractivity contribution in [1.29, 1.82) is 0 Å². The van der Waals surface area contributed by atoms with Gasteiger partial charge in [0.15, 0.2) is 10.1 Å². The highest BCUT2D eigenvalue weighted by Gasteiger charge is 2.29. The Balaban J connectivity index is 0.000000759. The summed E-state index contributed by atoms with van der Waals surface area (Å²) in [6, 6.07) is 10.5. The number of aromatic nitrogens is 1. The van der Waals surface area contributed by atoms with E-state index >= 15 is 0 Å². The van der Waals surface area contributed by atoms with Crippen LogP contribution in [0, 0.1) is 0 Å². The van der Waals surface area contributed by atoms with Crippen molar-refractivity contribution >= 4 is 88.5 Å². The Morgan fingerprint density at radius 2 is 1.59 bits per heavy atom. The summed E-state index contributed by atoms with van der Waals surface area (Å²) in [7, 11) is -8.89. The number of benzene rings is 2. The molecule has 15 heteroatoms. The summed E-state index contributed by atoms with van der Waals surface area (Å²) in [6.07, 6.45) is 2.42. The first-order valence-electron chi connectivity index (χ1n) is 13.0. The van der Waals surface area contributed by atoms with Crippen LogP contribution in [0.5, 0.6) is 0 Å². The Labute approximate surface area is 261 Å². The zero-order valence-corrected chi connectivity index (χ0v) is 28.0. The Hall–Kier alpha value is -1.42. The van der Waals surface area contributed by atoms with Gasteiger partial charge in [0.25, 0.3) is 5.01 Å². The molecule has 1 aliphatic heterocycles. The average Bonchev–Trinajstić information content (AvgIpc) is 3.39. The molecule has 2 heterocycles. The molecule has 0 saturated carbocycles. The third-order valence-corrected chi connectivity index (χ3v) is 9.50. The van der Waals surface area contributed by atoms with Crippen molar-refractivity contribution in [2.75, 3.05) is 30.3 Å². The average molecular weight is 684 g/mol. The molecule has 0 radical (unpaired) electrons. The van der Waals surface area contributed by atoms with Gasteiger partial charge in [-0.1, -0.05) is 74.0 Å². The molecule has 0 amide bonds. The summed E-state index contributed by atoms with van der Waals surface area (Å²) >= 11 is 15.0. The standard InChI is InChI=1S/C20H18Cl2N2O6S4.C4H11N.C2H6/c21-13-3-5-17-15(9-13)23(7-1-2-8-33(25,26)27)19(31-17)11-20-24(12-34(28,29)30)16-10-14(22)4-6-18(16)32-20;1-3-5-4-2;1-2/h3-6,9-11H,1-2,7-8,12H2,(H-,25,26,27,28,29,30);5H,3-4H2,1-2H3;1-2H3/p-1. The zero-order valence-electron chi connectivity index (χ0n) is 23.2. The smallest absolute Gasteiger partial charge is 0.266 e. The molecule has 2 aromatic carbocycles. The van der Waals surface area contributed by atoms with E-state index in [9.17, 15) is 25.9 Å². The summed E-state index contributed by atoms with van der Waals surface area (Å²) in [4.78, 5) is 2.86. The van der Waals surface area contributed by atoms with Gasteiger partial charge in [-0.25, -0.2) is 16.8 Å². The van der Waals surface area contributed by atoms with Crippen LogP contribution in [0.1, 0.15) is 45.5 Å². The molecule has 0 unspecified atom stereocenters. The molecule has 3 aromatic rings. The number of thioether (sulfide) groups is 1. The Bertz CT molecular complexity index is 1560. The minimum atomic E-state index is -4.59. The summed E-state index contributed by atoms with van der Waals surface area (Å²) in [5.41, 5.74) is 1.35. The Morgan fingerprint density at radius 1 is 0.951 bits per heavy atom. The van der Waals surface area contributed by atoms with E-state index in [0.29, 0.717) is 33.5 Å². The Kier molecular flexibility index (Phi) is 14.3. The van der Waals surface area contributed by atoms with Crippen LogP contribution in [-0.2, 0) is 26.1 Å². The van der Waals surface area contributed by atoms with Crippen molar-refractivity contribution in [3.05, 3.63) is 56.5 Å². The molecule has 0 fully saturated rings. The normalized spacial score (nSPS) is 14.0. The molecule has 41 heavy (non-hydrogen) atoms. The van der Waals surface area contributed by atoms with Crippen LogP contribution in [0.3, 0.4) is 0 Å². The summed E-state index contributed by atoms with van der Waals surface area (Å²) in [6.45, 7) is 10.8. The predicted molar refractivity (Wildman–Crippen MR) is 169 cm³/mol. The van der Waals surface area contributed by atoms with Gasteiger partial charge in [-0.15, -0.1) is 0 Å². The maximum absolute atomic E-state index is 11.6. The van der Waals surface area contributed by atoms with Crippen molar-refractivity contribution < 1.29 is 30.5 Å². The molecular weight excluding hydrogens is 649 g/mol. The molecule has 1 aliphatic rings. The molecule has 0 aliphatic carbocycles. The van der Waals surface area contributed by atoms with Crippen molar-refractivity contribution in [2.45, 2.75) is 51.3 Å². The number of rotatable bonds is 10. The highest BCUT2D eigenvalue weighted by Crippen LogP contribution is 2.48. The van der Waals surface area contributed by atoms with Crippen LogP contribution in [-0.4, -0.2) is 51.3 Å². The van der Waals surface area contributed by atoms with Crippen LogP contribution >= 0.6 is 46.3 Å². The first-order valence-corrected chi connectivity index (χ1v) is 18.5. The number of nitrogens with one attached hydrogen (secondary N) is 1. The second-order valence-corrected chi connectivity index (χ2v) is 14.3. The molecule has 9 nitrogen and oxygen atoms in total. The molecule has 4 rings (SSSR count). The second-order valence-electron chi connectivity index (χ2n) is 8.44. The molecule has 1 aromatic heterocycles. The number of anilines is 1. The van der Waals surface area contributed by atoms with Gasteiger partial charge >= 0.3 is 0 Å². The summed E-state index contributed by atoms with van der Waals surface area (Å²) in [5, 5.41) is 5.33. The van der Waals surface area contributed by atoms with E-state index in [4.69, 9.17) is 23.2 Å². The van der Waals surface area contributed by atoms with Gasteiger partial charge in [0.2, 0.25) is 11.4 Å². The number of unbranched alkanes of at least 4 members (excludes halogenated alkanes) is 1. The van der Waals surface area contributed by atoms with Gasteiger partial charge in [0, 0.05) is 33.3 Å². The van der Waals surface area contributed by atoms with Crippen molar-refractivity contribution in [3.63, 3.8) is 0 Å². The first kappa shape index (κ1) is 35.8. The molecule has 0 atom stereocenters. The molecular formula is C26H34Cl2N3O6S4-. The largest absolute Gasteiger partial charge is 0.748 e. The lowest BCUT2D eigenvalue weighted by Crippen LogP contribution is -2.39. The molecule has 0 saturated heterocycles. The van der Waals surface area contributed by atoms with E-state index in [0.717, 1.165) is 33.4 Å². The Morgan fingerprint density at radius 3 is 2.17 bits per heavy atom. The van der Waals surface area contributed by atoms with Gasteiger partial charge < -0.3 is 19.3 Å². The van der Waals surface area contributed by atoms with Gasteiger partial charge in [-0.2, -0.15) is 4.57 Å². The lowest BCUT2D eigenvalue weighted by Gasteiger charge is -2.20. The quantitative estimate of drug-likeness (QED) is 0.158. The van der Waals surface area contributed by atoms with E-state index in [1.54, 1.807) is 36.4 Å². The summed E-state index contributed by atoms with van der Waals surface area (Å²) < 4.78 is 69.9. The maximum Gasteiger partial charge on any atom is 0.266 e. The van der Waals surface area contributed by atoms with Gasteiger partial charge in [0.1, 0.15) is 4.70 Å². The predicted octanol–water partition coefficient (Wildman–Crippen LogP) is 5.88. The number of fused-ring (bicyclic) bond motifs is 2.